The maximum absolute atomic E-state index is 3.95. The quantitative estimate of drug-likeness (QED) is 0.301. The molecule has 0 radical (unpaired) electrons. The smallest absolute Gasteiger partial charge is 1.00 e. The van der Waals surface area contributed by atoms with Crippen LogP contribution in [0.2, 0.25) is 0 Å². The van der Waals surface area contributed by atoms with Crippen LogP contribution in [0.5, 0.6) is 0 Å². The Balaban J connectivity index is 0. The van der Waals surface area contributed by atoms with Gasteiger partial charge in [0, 0.05) is 0 Å². The summed E-state index contributed by atoms with van der Waals surface area (Å²) < 4.78 is 0. The largest absolute Gasteiger partial charge is 2.00 e. The minimum absolute atomic E-state index is 0. The summed E-state index contributed by atoms with van der Waals surface area (Å²) in [6, 6.07) is 0. The zero-order chi connectivity index (χ0) is 6.53. The summed E-state index contributed by atoms with van der Waals surface area (Å²) in [6.07, 6.45) is 9.92. The SMILES string of the molecule is [CH2-]CC1CCCCCC1.[Cl-].[Mg+2]. The zero-order valence-corrected chi connectivity index (χ0v) is 9.49. The Labute approximate surface area is 93.1 Å². The average molecular weight is 185 g/mol. The molecule has 11 heavy (non-hydrogen) atoms. The van der Waals surface area contributed by atoms with E-state index in [0.29, 0.717) is 0 Å². The molecule has 0 nitrogen and oxygen atoms in total. The molecular formula is C9H17ClMg. The molecule has 0 heterocycles. The molecule has 0 N–H and O–H groups in total. The van der Waals surface area contributed by atoms with Gasteiger partial charge in [0.05, 0.1) is 0 Å². The van der Waals surface area contributed by atoms with Crippen LogP contribution in [-0.2, 0) is 0 Å². The Kier molecular flexibility index (Phi) is 12.1. The fourth-order valence-corrected chi connectivity index (χ4v) is 1.65. The summed E-state index contributed by atoms with van der Waals surface area (Å²) in [5, 5.41) is 0. The third-order valence-electron chi connectivity index (χ3n) is 2.38. The second-order valence-corrected chi connectivity index (χ2v) is 3.15. The zero-order valence-electron chi connectivity index (χ0n) is 7.32. The average Bonchev–Trinajstić information content (AvgIpc) is 2.13. The normalized spacial score (nSPS) is 19.4. The van der Waals surface area contributed by atoms with E-state index in [4.69, 9.17) is 0 Å². The van der Waals surface area contributed by atoms with Crippen LogP contribution in [0.3, 0.4) is 0 Å². The second-order valence-electron chi connectivity index (χ2n) is 3.15. The van der Waals surface area contributed by atoms with Crippen molar-refractivity contribution < 1.29 is 12.4 Å². The predicted octanol–water partition coefficient (Wildman–Crippen LogP) is -0.196. The van der Waals surface area contributed by atoms with Gasteiger partial charge in [0.1, 0.15) is 0 Å². The monoisotopic (exact) mass is 184 g/mol. The molecule has 0 unspecified atom stereocenters. The molecule has 1 aliphatic carbocycles. The van der Waals surface area contributed by atoms with E-state index in [9.17, 15) is 0 Å². The molecule has 2 heteroatoms. The topological polar surface area (TPSA) is 0 Å². The van der Waals surface area contributed by atoms with E-state index < -0.39 is 0 Å². The summed E-state index contributed by atoms with van der Waals surface area (Å²) in [5.41, 5.74) is 0. The van der Waals surface area contributed by atoms with Gasteiger partial charge in [0.15, 0.2) is 0 Å². The van der Waals surface area contributed by atoms with Crippen LogP contribution in [0.4, 0.5) is 0 Å². The van der Waals surface area contributed by atoms with Gasteiger partial charge in [-0.25, -0.2) is 0 Å². The molecule has 62 valence electrons. The van der Waals surface area contributed by atoms with E-state index in [1.165, 1.54) is 44.9 Å². The van der Waals surface area contributed by atoms with Crippen LogP contribution >= 0.6 is 0 Å². The molecule has 1 rings (SSSR count). The third kappa shape index (κ3) is 6.24. The second kappa shape index (κ2) is 9.15. The van der Waals surface area contributed by atoms with Crippen molar-refractivity contribution in [1.82, 2.24) is 0 Å². The third-order valence-corrected chi connectivity index (χ3v) is 2.38. The Morgan fingerprint density at radius 3 is 1.82 bits per heavy atom. The van der Waals surface area contributed by atoms with Crippen molar-refractivity contribution in [1.29, 1.82) is 0 Å². The van der Waals surface area contributed by atoms with Crippen LogP contribution in [0, 0.1) is 12.8 Å². The van der Waals surface area contributed by atoms with E-state index in [-0.39, 0.29) is 35.5 Å². The van der Waals surface area contributed by atoms with E-state index in [2.05, 4.69) is 6.92 Å². The number of hydrogen-bond donors (Lipinski definition) is 0. The summed E-state index contributed by atoms with van der Waals surface area (Å²) >= 11 is 0. The molecule has 1 aliphatic rings. The summed E-state index contributed by atoms with van der Waals surface area (Å²) in [7, 11) is 0. The fraction of sp³-hybridized carbons (Fsp3) is 0.889. The number of hydrogen-bond acceptors (Lipinski definition) is 0. The van der Waals surface area contributed by atoms with Gasteiger partial charge in [-0.3, -0.25) is 0 Å². The molecular weight excluding hydrogens is 168 g/mol. The molecule has 0 atom stereocenters. The molecule has 0 aromatic heterocycles. The summed E-state index contributed by atoms with van der Waals surface area (Å²) in [4.78, 5) is 0. The van der Waals surface area contributed by atoms with Crippen LogP contribution in [0.15, 0.2) is 0 Å². The van der Waals surface area contributed by atoms with E-state index in [1.807, 2.05) is 0 Å². The predicted molar refractivity (Wildman–Crippen MR) is 46.9 cm³/mol. The van der Waals surface area contributed by atoms with Gasteiger partial charge in [0.25, 0.3) is 0 Å². The first kappa shape index (κ1) is 14.6. The molecule has 0 aromatic carbocycles. The Morgan fingerprint density at radius 1 is 1.00 bits per heavy atom. The number of rotatable bonds is 1. The summed E-state index contributed by atoms with van der Waals surface area (Å²) in [5.74, 6) is 0.965. The van der Waals surface area contributed by atoms with Gasteiger partial charge < -0.3 is 19.3 Å². The summed E-state index contributed by atoms with van der Waals surface area (Å²) in [6.45, 7) is 3.95. The molecule has 1 saturated carbocycles. The molecule has 0 aromatic rings. The van der Waals surface area contributed by atoms with E-state index >= 15 is 0 Å². The van der Waals surface area contributed by atoms with Crippen molar-refractivity contribution >= 4 is 23.1 Å². The first-order chi connectivity index (χ1) is 4.43. The number of halogens is 1. The Morgan fingerprint density at radius 2 is 1.45 bits per heavy atom. The standard InChI is InChI=1S/C9H17.ClH.Mg/c1-2-9-7-5-3-4-6-8-9;;/h9H,1-8H2;1H;/q-1;;+2/p-1. The molecule has 0 spiro atoms. The van der Waals surface area contributed by atoms with Crippen molar-refractivity contribution in [3.05, 3.63) is 6.92 Å². The van der Waals surface area contributed by atoms with Crippen molar-refractivity contribution in [2.75, 3.05) is 0 Å². The van der Waals surface area contributed by atoms with Crippen LogP contribution in [0.25, 0.3) is 0 Å². The van der Waals surface area contributed by atoms with Crippen molar-refractivity contribution in [3.63, 3.8) is 0 Å². The van der Waals surface area contributed by atoms with Gasteiger partial charge in [-0.15, -0.1) is 0 Å². The van der Waals surface area contributed by atoms with Gasteiger partial charge in [-0.05, 0) is 0 Å². The minimum atomic E-state index is 0. The maximum Gasteiger partial charge on any atom is 2.00 e. The van der Waals surface area contributed by atoms with Crippen molar-refractivity contribution in [2.24, 2.45) is 5.92 Å². The first-order valence-electron chi connectivity index (χ1n) is 4.22. The van der Waals surface area contributed by atoms with Crippen LogP contribution in [-0.4, -0.2) is 23.1 Å². The fourth-order valence-electron chi connectivity index (χ4n) is 1.65. The Bertz CT molecular complexity index is 68.0. The van der Waals surface area contributed by atoms with Gasteiger partial charge in [-0.1, -0.05) is 44.4 Å². The minimum Gasteiger partial charge on any atom is -1.00 e. The van der Waals surface area contributed by atoms with Gasteiger partial charge in [-0.2, -0.15) is 6.42 Å². The molecule has 0 aliphatic heterocycles. The molecule has 0 bridgehead atoms. The molecule has 1 fully saturated rings. The Hall–Kier alpha value is 1.06. The van der Waals surface area contributed by atoms with Gasteiger partial charge in [0.2, 0.25) is 0 Å². The van der Waals surface area contributed by atoms with E-state index in [1.54, 1.807) is 0 Å². The van der Waals surface area contributed by atoms with E-state index in [0.717, 1.165) is 5.92 Å². The van der Waals surface area contributed by atoms with Crippen molar-refractivity contribution in [2.45, 2.75) is 44.9 Å². The van der Waals surface area contributed by atoms with Crippen LogP contribution in [0.1, 0.15) is 44.9 Å². The molecule has 0 amide bonds. The molecule has 0 saturated heterocycles. The van der Waals surface area contributed by atoms with Gasteiger partial charge >= 0.3 is 23.1 Å². The maximum atomic E-state index is 3.95. The van der Waals surface area contributed by atoms with Crippen LogP contribution < -0.4 is 12.4 Å². The first-order valence-corrected chi connectivity index (χ1v) is 4.22. The van der Waals surface area contributed by atoms with Crippen molar-refractivity contribution in [3.8, 4) is 0 Å².